The van der Waals surface area contributed by atoms with Gasteiger partial charge >= 0.3 is 6.09 Å². The molecule has 0 aliphatic carbocycles. The van der Waals surface area contributed by atoms with E-state index in [-0.39, 0.29) is 17.0 Å². The van der Waals surface area contributed by atoms with Crippen LogP contribution in [0, 0.1) is 11.8 Å². The highest BCUT2D eigenvalue weighted by atomic mass is 35.5. The molecule has 2 N–H and O–H groups in total. The number of nitrogens with zero attached hydrogens (tertiary/aromatic N) is 5. The lowest BCUT2D eigenvalue weighted by molar-refractivity contribution is 0.0162. The van der Waals surface area contributed by atoms with Gasteiger partial charge in [0, 0.05) is 45.3 Å². The maximum absolute atomic E-state index is 12.9. The first-order chi connectivity index (χ1) is 22.3. The van der Waals surface area contributed by atoms with Crippen molar-refractivity contribution in [1.29, 1.82) is 0 Å². The van der Waals surface area contributed by atoms with E-state index < -0.39 is 20.7 Å². The number of benzene rings is 1. The van der Waals surface area contributed by atoms with Crippen LogP contribution in [0.1, 0.15) is 66.7 Å². The quantitative estimate of drug-likeness (QED) is 0.312. The standard InChI is InChI=1S/C34H52ClN7O4S/c1-24(2)47(44,45)30-9-7-6-8-29(30)38-31-28(35)20-36-32(39-31)37-27-14-17-41(23-27)22-25-10-15-40(16-11-25)21-26-12-18-42(19-13-26)33(43)46-34(3,4)5/h6-9,20,24-27H,10-19,21-23H2,1-5H3,(H2,36,37,38,39). The first-order valence-electron chi connectivity index (χ1n) is 17.1. The number of rotatable bonds is 10. The molecular weight excluding hydrogens is 638 g/mol. The van der Waals surface area contributed by atoms with Crippen molar-refractivity contribution in [2.75, 3.05) is 63.0 Å². The molecule has 3 saturated heterocycles. The number of anilines is 3. The lowest BCUT2D eigenvalue weighted by Gasteiger charge is -2.38. The second-order valence-corrected chi connectivity index (χ2v) is 17.5. The van der Waals surface area contributed by atoms with Gasteiger partial charge in [0.2, 0.25) is 5.95 Å². The third kappa shape index (κ3) is 9.70. The van der Waals surface area contributed by atoms with Crippen molar-refractivity contribution in [2.24, 2.45) is 11.8 Å². The van der Waals surface area contributed by atoms with Gasteiger partial charge in [0.1, 0.15) is 10.6 Å². The summed E-state index contributed by atoms with van der Waals surface area (Å²) in [6, 6.07) is 7.04. The summed E-state index contributed by atoms with van der Waals surface area (Å²) in [4.78, 5) is 28.7. The molecule has 0 spiro atoms. The molecule has 0 saturated carbocycles. The Morgan fingerprint density at radius 1 is 0.979 bits per heavy atom. The minimum absolute atomic E-state index is 0.184. The van der Waals surface area contributed by atoms with E-state index in [9.17, 15) is 13.2 Å². The fraction of sp³-hybridized carbons (Fsp3) is 0.676. The molecule has 1 unspecified atom stereocenters. The van der Waals surface area contributed by atoms with E-state index in [1.54, 1.807) is 44.3 Å². The Morgan fingerprint density at radius 3 is 2.26 bits per heavy atom. The molecule has 3 aliphatic heterocycles. The number of para-hydroxylation sites is 1. The average Bonchev–Trinajstić information content (AvgIpc) is 3.46. The lowest BCUT2D eigenvalue weighted by atomic mass is 9.92. The van der Waals surface area contributed by atoms with Crippen LogP contribution < -0.4 is 10.6 Å². The molecule has 47 heavy (non-hydrogen) atoms. The number of carbonyl (C=O) groups is 1. The van der Waals surface area contributed by atoms with Crippen LogP contribution >= 0.6 is 11.6 Å². The Balaban J connectivity index is 1.05. The summed E-state index contributed by atoms with van der Waals surface area (Å²) in [6.07, 6.45) is 6.89. The van der Waals surface area contributed by atoms with E-state index in [4.69, 9.17) is 16.3 Å². The maximum Gasteiger partial charge on any atom is 0.410 e. The number of halogens is 1. The van der Waals surface area contributed by atoms with Crippen LogP contribution in [0.5, 0.6) is 0 Å². The van der Waals surface area contributed by atoms with Crippen LogP contribution in [0.2, 0.25) is 5.02 Å². The van der Waals surface area contributed by atoms with Crippen molar-refractivity contribution >= 4 is 45.0 Å². The highest BCUT2D eigenvalue weighted by molar-refractivity contribution is 7.92. The van der Waals surface area contributed by atoms with Crippen LogP contribution in [0.4, 0.5) is 22.2 Å². The summed E-state index contributed by atoms with van der Waals surface area (Å²) in [5.74, 6) is 2.18. The third-order valence-corrected chi connectivity index (χ3v) is 11.9. The van der Waals surface area contributed by atoms with Gasteiger partial charge in [0.05, 0.1) is 22.0 Å². The molecular formula is C34H52ClN7O4S. The van der Waals surface area contributed by atoms with Gasteiger partial charge < -0.3 is 30.1 Å². The fourth-order valence-corrected chi connectivity index (χ4v) is 8.07. The number of carbonyl (C=O) groups excluding carboxylic acids is 1. The summed E-state index contributed by atoms with van der Waals surface area (Å²) in [5, 5.41) is 6.38. The summed E-state index contributed by atoms with van der Waals surface area (Å²) >= 11 is 6.43. The molecule has 0 bridgehead atoms. The number of hydrogen-bond donors (Lipinski definition) is 2. The van der Waals surface area contributed by atoms with E-state index in [2.05, 4.69) is 30.4 Å². The molecule has 3 aliphatic rings. The van der Waals surface area contributed by atoms with Crippen molar-refractivity contribution in [3.63, 3.8) is 0 Å². The largest absolute Gasteiger partial charge is 0.444 e. The highest BCUT2D eigenvalue weighted by Crippen LogP contribution is 2.31. The zero-order valence-electron chi connectivity index (χ0n) is 28.5. The van der Waals surface area contributed by atoms with Gasteiger partial charge in [-0.1, -0.05) is 23.7 Å². The van der Waals surface area contributed by atoms with Crippen LogP contribution in [-0.2, 0) is 14.6 Å². The van der Waals surface area contributed by atoms with E-state index in [0.717, 1.165) is 71.6 Å². The fourth-order valence-electron chi connectivity index (χ4n) is 6.73. The van der Waals surface area contributed by atoms with Gasteiger partial charge in [0.25, 0.3) is 0 Å². The molecule has 3 fully saturated rings. The Hall–Kier alpha value is -2.67. The average molecular weight is 690 g/mol. The van der Waals surface area contributed by atoms with Gasteiger partial charge in [-0.25, -0.2) is 18.2 Å². The van der Waals surface area contributed by atoms with Crippen molar-refractivity contribution in [2.45, 2.75) is 88.5 Å². The molecule has 1 amide bonds. The Bertz CT molecular complexity index is 1470. The molecule has 5 rings (SSSR count). The molecule has 13 heteroatoms. The second-order valence-electron chi connectivity index (χ2n) is 14.6. The predicted molar refractivity (Wildman–Crippen MR) is 187 cm³/mol. The smallest absolute Gasteiger partial charge is 0.410 e. The van der Waals surface area contributed by atoms with Gasteiger partial charge in [-0.05, 0) is 104 Å². The van der Waals surface area contributed by atoms with E-state index in [1.807, 2.05) is 25.7 Å². The molecule has 1 aromatic carbocycles. The normalized spacial score (nSPS) is 20.9. The van der Waals surface area contributed by atoms with Crippen LogP contribution in [0.3, 0.4) is 0 Å². The zero-order chi connectivity index (χ0) is 33.8. The summed E-state index contributed by atoms with van der Waals surface area (Å²) < 4.78 is 31.4. The third-order valence-electron chi connectivity index (χ3n) is 9.42. The molecule has 0 radical (unpaired) electrons. The first kappa shape index (κ1) is 35.6. The summed E-state index contributed by atoms with van der Waals surface area (Å²) in [6.45, 7) is 17.1. The topological polar surface area (TPSA) is 120 Å². The van der Waals surface area contributed by atoms with E-state index in [1.165, 1.54) is 12.8 Å². The molecule has 4 heterocycles. The van der Waals surface area contributed by atoms with Crippen molar-refractivity contribution in [3.05, 3.63) is 35.5 Å². The number of aromatic nitrogens is 2. The Morgan fingerprint density at radius 2 is 1.60 bits per heavy atom. The number of sulfone groups is 1. The summed E-state index contributed by atoms with van der Waals surface area (Å²) in [5.41, 5.74) is -0.0105. The van der Waals surface area contributed by atoms with Crippen molar-refractivity contribution in [1.82, 2.24) is 24.7 Å². The Labute approximate surface area is 285 Å². The van der Waals surface area contributed by atoms with Gasteiger partial charge in [0.15, 0.2) is 15.7 Å². The van der Waals surface area contributed by atoms with Crippen LogP contribution in [0.15, 0.2) is 35.4 Å². The maximum atomic E-state index is 12.9. The number of likely N-dealkylation sites (tertiary alicyclic amines) is 3. The molecule has 11 nitrogen and oxygen atoms in total. The number of ether oxygens (including phenoxy) is 1. The highest BCUT2D eigenvalue weighted by Gasteiger charge is 2.31. The molecule has 1 atom stereocenters. The monoisotopic (exact) mass is 689 g/mol. The van der Waals surface area contributed by atoms with Crippen LogP contribution in [-0.4, -0.2) is 108 Å². The number of nitrogens with one attached hydrogen (secondary N) is 2. The summed E-state index contributed by atoms with van der Waals surface area (Å²) in [7, 11) is -3.50. The number of piperidine rings is 2. The van der Waals surface area contributed by atoms with Gasteiger partial charge in [-0.3, -0.25) is 0 Å². The molecule has 1 aromatic heterocycles. The van der Waals surface area contributed by atoms with Crippen molar-refractivity contribution < 1.29 is 17.9 Å². The van der Waals surface area contributed by atoms with E-state index >= 15 is 0 Å². The molecule has 260 valence electrons. The molecule has 2 aromatic rings. The van der Waals surface area contributed by atoms with Gasteiger partial charge in [-0.2, -0.15) is 4.98 Å². The predicted octanol–water partition coefficient (Wildman–Crippen LogP) is 5.90. The Kier molecular flexibility index (Phi) is 11.6. The number of hydrogen-bond acceptors (Lipinski definition) is 10. The SMILES string of the molecule is CC(C)S(=O)(=O)c1ccccc1Nc1nc(NC2CCN(CC3CCN(CC4CCN(C(=O)OC(C)(C)C)CC4)CC3)C2)ncc1Cl. The lowest BCUT2D eigenvalue weighted by Crippen LogP contribution is -2.45. The van der Waals surface area contributed by atoms with E-state index in [0.29, 0.717) is 34.3 Å². The van der Waals surface area contributed by atoms with Crippen LogP contribution in [0.25, 0.3) is 0 Å². The first-order valence-corrected chi connectivity index (χ1v) is 19.0. The van der Waals surface area contributed by atoms with Crippen molar-refractivity contribution in [3.8, 4) is 0 Å². The zero-order valence-corrected chi connectivity index (χ0v) is 30.1. The minimum Gasteiger partial charge on any atom is -0.444 e. The van der Waals surface area contributed by atoms with Gasteiger partial charge in [-0.15, -0.1) is 0 Å². The second kappa shape index (κ2) is 15.3. The minimum atomic E-state index is -3.50. The number of amides is 1.